The highest BCUT2D eigenvalue weighted by Crippen LogP contribution is 2.39. The molecule has 0 aliphatic carbocycles. The van der Waals surface area contributed by atoms with Crippen LogP contribution in [-0.4, -0.2) is 33.8 Å². The summed E-state index contributed by atoms with van der Waals surface area (Å²) in [4.78, 5) is 13.0. The van der Waals surface area contributed by atoms with E-state index < -0.39 is 6.09 Å². The van der Waals surface area contributed by atoms with Crippen molar-refractivity contribution in [2.75, 3.05) is 13.1 Å². The van der Waals surface area contributed by atoms with Crippen LogP contribution in [0.4, 0.5) is 4.79 Å². The van der Waals surface area contributed by atoms with Crippen molar-refractivity contribution in [3.05, 3.63) is 101 Å². The Morgan fingerprint density at radius 3 is 1.95 bits per heavy atom. The van der Waals surface area contributed by atoms with E-state index in [0.717, 1.165) is 47.5 Å². The fourth-order valence-electron chi connectivity index (χ4n) is 5.23. The molecule has 5 heteroatoms. The van der Waals surface area contributed by atoms with Gasteiger partial charge in [0, 0.05) is 31.2 Å². The number of fused-ring (bicyclic) bond motifs is 1. The molecular weight excluding hydrogens is 544 g/mol. The van der Waals surface area contributed by atoms with Gasteiger partial charge < -0.3 is 19.3 Å². The number of hydrogen-bond acceptors (Lipinski definition) is 2. The summed E-state index contributed by atoms with van der Waals surface area (Å²) in [7, 11) is 0. The van der Waals surface area contributed by atoms with Gasteiger partial charge in [0.2, 0.25) is 0 Å². The molecule has 0 saturated carbocycles. The number of carboxylic acid groups (broad SMARTS) is 1. The summed E-state index contributed by atoms with van der Waals surface area (Å²) in [5.41, 5.74) is 6.16. The molecule has 3 aromatic carbocycles. The smallest absolute Gasteiger partial charge is 0.407 e. The van der Waals surface area contributed by atoms with Crippen molar-refractivity contribution in [2.24, 2.45) is 5.92 Å². The minimum Gasteiger partial charge on any atom is -0.488 e. The number of likely N-dealkylation sites (tertiary alicyclic amines) is 1. The first-order valence-corrected chi connectivity index (χ1v) is 16.6. The molecule has 2 heterocycles. The van der Waals surface area contributed by atoms with E-state index in [9.17, 15) is 9.90 Å². The van der Waals surface area contributed by atoms with Crippen LogP contribution in [0.1, 0.15) is 109 Å². The van der Waals surface area contributed by atoms with E-state index in [4.69, 9.17) is 4.74 Å². The molecule has 5 nitrogen and oxygen atoms in total. The highest BCUT2D eigenvalue weighted by molar-refractivity contribution is 5.90. The van der Waals surface area contributed by atoms with Gasteiger partial charge in [-0.3, -0.25) is 0 Å². The van der Waals surface area contributed by atoms with Gasteiger partial charge in [0.15, 0.2) is 0 Å². The molecule has 1 N–H and O–H groups in total. The fourth-order valence-corrected chi connectivity index (χ4v) is 5.23. The molecule has 1 aliphatic rings. The Kier molecular flexibility index (Phi) is 15.6. The van der Waals surface area contributed by atoms with Gasteiger partial charge >= 0.3 is 6.09 Å². The van der Waals surface area contributed by atoms with Gasteiger partial charge in [0.05, 0.1) is 5.52 Å². The normalized spacial score (nSPS) is 12.9. The summed E-state index contributed by atoms with van der Waals surface area (Å²) in [6.07, 6.45) is 3.09. The summed E-state index contributed by atoms with van der Waals surface area (Å²) in [5, 5.41) is 10.6. The lowest BCUT2D eigenvalue weighted by molar-refractivity contribution is 0.132. The number of aromatic nitrogens is 1. The molecule has 1 amide bonds. The average Bonchev–Trinajstić information content (AvgIpc) is 3.41. The molecule has 4 aromatic rings. The molecule has 0 atom stereocenters. The van der Waals surface area contributed by atoms with E-state index in [1.54, 1.807) is 0 Å². The lowest BCUT2D eigenvalue weighted by Crippen LogP contribution is -2.36. The van der Waals surface area contributed by atoms with Crippen LogP contribution >= 0.6 is 0 Å². The summed E-state index contributed by atoms with van der Waals surface area (Å²) in [5.74, 6) is 2.54. The Hall–Kier alpha value is -3.73. The highest BCUT2D eigenvalue weighted by atomic mass is 16.5. The maximum absolute atomic E-state index is 11.5. The minimum atomic E-state index is -0.826. The van der Waals surface area contributed by atoms with Gasteiger partial charge in [-0.2, -0.15) is 0 Å². The van der Waals surface area contributed by atoms with E-state index >= 15 is 0 Å². The van der Waals surface area contributed by atoms with Crippen molar-refractivity contribution in [3.63, 3.8) is 0 Å². The molecule has 0 spiro atoms. The van der Waals surface area contributed by atoms with E-state index in [0.29, 0.717) is 31.5 Å². The maximum Gasteiger partial charge on any atom is 0.407 e. The molecule has 5 rings (SSSR count). The second-order valence-electron chi connectivity index (χ2n) is 11.8. The van der Waals surface area contributed by atoms with Crippen molar-refractivity contribution in [3.8, 4) is 5.75 Å². The molecular formula is C39H56N2O3. The third-order valence-corrected chi connectivity index (χ3v) is 7.34. The largest absolute Gasteiger partial charge is 0.488 e. The Bertz CT molecular complexity index is 1360. The predicted octanol–water partition coefficient (Wildman–Crippen LogP) is 11.0. The number of piperidine rings is 1. The Morgan fingerprint density at radius 2 is 1.41 bits per heavy atom. The Labute approximate surface area is 266 Å². The number of carbonyl (C=O) groups is 1. The summed E-state index contributed by atoms with van der Waals surface area (Å²) >= 11 is 0. The van der Waals surface area contributed by atoms with Crippen LogP contribution in [0.15, 0.2) is 79.0 Å². The fraction of sp³-hybridized carbons (Fsp3) is 0.462. The molecule has 0 radical (unpaired) electrons. The number of hydrogen-bond donors (Lipinski definition) is 1. The van der Waals surface area contributed by atoms with Crippen LogP contribution < -0.4 is 4.74 Å². The van der Waals surface area contributed by atoms with Gasteiger partial charge in [-0.25, -0.2) is 4.79 Å². The lowest BCUT2D eigenvalue weighted by atomic mass is 9.89. The maximum atomic E-state index is 11.5. The van der Waals surface area contributed by atoms with E-state index in [1.165, 1.54) is 21.6 Å². The molecule has 1 aliphatic heterocycles. The number of benzene rings is 3. The van der Waals surface area contributed by atoms with Crippen LogP contribution in [0.3, 0.4) is 0 Å². The number of rotatable bonds is 7. The van der Waals surface area contributed by atoms with Crippen LogP contribution in [-0.2, 0) is 13.2 Å². The van der Waals surface area contributed by atoms with Crippen molar-refractivity contribution in [2.45, 2.75) is 100 Å². The quantitative estimate of drug-likeness (QED) is 0.230. The Morgan fingerprint density at radius 1 is 0.818 bits per heavy atom. The third-order valence-electron chi connectivity index (χ3n) is 7.34. The van der Waals surface area contributed by atoms with Gasteiger partial charge in [-0.15, -0.1) is 0 Å². The summed E-state index contributed by atoms with van der Waals surface area (Å²) < 4.78 is 8.71. The van der Waals surface area contributed by atoms with E-state index in [2.05, 4.69) is 100.0 Å². The lowest BCUT2D eigenvalue weighted by Gasteiger charge is -2.30. The second kappa shape index (κ2) is 18.8. The van der Waals surface area contributed by atoms with E-state index in [-0.39, 0.29) is 0 Å². The van der Waals surface area contributed by atoms with Crippen LogP contribution in [0.2, 0.25) is 0 Å². The molecule has 0 unspecified atom stereocenters. The zero-order valence-corrected chi connectivity index (χ0v) is 28.6. The van der Waals surface area contributed by atoms with Crippen molar-refractivity contribution in [1.82, 2.24) is 9.47 Å². The van der Waals surface area contributed by atoms with Gasteiger partial charge in [0.1, 0.15) is 12.4 Å². The molecule has 44 heavy (non-hydrogen) atoms. The Balaban J connectivity index is 0.000000768. The standard InChI is InChI=1S/C31H34N2O3.C4H10.2C2H6/c1-22(2)25-13-11-23(12-14-25)19-33-20-27(26-15-17-32(18-16-26)31(34)35)30-28(33)9-6-10-29(30)36-21-24-7-4-3-5-8-24;1-4(2)3;2*1-2/h3-14,20,22,26H,15-19,21H2,1-2H3,(H,34,35);4H,1-3H3;2*1-2H3. The van der Waals surface area contributed by atoms with Crippen LogP contribution in [0.5, 0.6) is 5.75 Å². The second-order valence-corrected chi connectivity index (χ2v) is 11.8. The van der Waals surface area contributed by atoms with Gasteiger partial charge in [-0.1, -0.05) is 123 Å². The summed E-state index contributed by atoms with van der Waals surface area (Å²) in [6, 6.07) is 25.4. The number of amides is 1. The molecule has 1 fully saturated rings. The highest BCUT2D eigenvalue weighted by Gasteiger charge is 2.27. The SMILES string of the molecule is CC.CC.CC(C)C.CC(C)c1ccc(Cn2cc(C3CCN(C(=O)O)CC3)c3c(OCc4ccccc4)cccc32)cc1. The first-order valence-electron chi connectivity index (χ1n) is 16.6. The minimum absolute atomic E-state index is 0.300. The van der Waals surface area contributed by atoms with Gasteiger partial charge in [-0.05, 0) is 65.0 Å². The number of nitrogens with zero attached hydrogens (tertiary/aromatic N) is 2. The van der Waals surface area contributed by atoms with E-state index in [1.807, 2.05) is 45.9 Å². The van der Waals surface area contributed by atoms with Crippen LogP contribution in [0, 0.1) is 5.92 Å². The van der Waals surface area contributed by atoms with Crippen molar-refractivity contribution >= 4 is 17.0 Å². The monoisotopic (exact) mass is 600 g/mol. The first kappa shape index (κ1) is 36.5. The summed E-state index contributed by atoms with van der Waals surface area (Å²) in [6.45, 7) is 21.4. The molecule has 1 saturated heterocycles. The zero-order chi connectivity index (χ0) is 32.6. The third kappa shape index (κ3) is 10.5. The van der Waals surface area contributed by atoms with Crippen molar-refractivity contribution < 1.29 is 14.6 Å². The predicted molar refractivity (Wildman–Crippen MR) is 187 cm³/mol. The molecule has 1 aromatic heterocycles. The number of ether oxygens (including phenoxy) is 1. The topological polar surface area (TPSA) is 54.7 Å². The molecule has 0 bridgehead atoms. The first-order chi connectivity index (χ1) is 21.2. The van der Waals surface area contributed by atoms with Gasteiger partial charge in [0.25, 0.3) is 0 Å². The van der Waals surface area contributed by atoms with Crippen LogP contribution in [0.25, 0.3) is 10.9 Å². The zero-order valence-electron chi connectivity index (χ0n) is 28.6. The molecule has 240 valence electrons. The average molecular weight is 601 g/mol. The van der Waals surface area contributed by atoms with Crippen molar-refractivity contribution in [1.29, 1.82) is 0 Å².